The molecule has 3 aromatic rings. The molecule has 3 aromatic carbocycles. The Morgan fingerprint density at radius 3 is 2.39 bits per heavy atom. The van der Waals surface area contributed by atoms with E-state index < -0.39 is 0 Å². The standard InChI is InChI=1S/C17H12O/c1-2-12-7-10-16-14(11-12)9-8-13-5-3-4-6-15(13)17(16)18/h2-11H,1H2. The molecule has 18 heavy (non-hydrogen) atoms. The highest BCUT2D eigenvalue weighted by Crippen LogP contribution is 2.17. The fourth-order valence-electron chi connectivity index (χ4n) is 2.23. The highest BCUT2D eigenvalue weighted by atomic mass is 16.1. The summed E-state index contributed by atoms with van der Waals surface area (Å²) in [5.41, 5.74) is 1.11. The Bertz CT molecular complexity index is 816. The molecule has 0 saturated heterocycles. The summed E-state index contributed by atoms with van der Waals surface area (Å²) in [6, 6.07) is 17.4. The first-order valence-corrected chi connectivity index (χ1v) is 5.88. The summed E-state index contributed by atoms with van der Waals surface area (Å²) in [7, 11) is 0. The van der Waals surface area contributed by atoms with Crippen molar-refractivity contribution in [3.63, 3.8) is 0 Å². The van der Waals surface area contributed by atoms with Crippen molar-refractivity contribution in [2.75, 3.05) is 0 Å². The van der Waals surface area contributed by atoms with Crippen LogP contribution >= 0.6 is 0 Å². The molecule has 0 saturated carbocycles. The molecule has 0 fully saturated rings. The van der Waals surface area contributed by atoms with Gasteiger partial charge < -0.3 is 0 Å². The molecule has 0 aliphatic heterocycles. The summed E-state index contributed by atoms with van der Waals surface area (Å²) >= 11 is 0. The second-order valence-electron chi connectivity index (χ2n) is 4.30. The molecule has 3 rings (SSSR count). The molecule has 0 heterocycles. The second-order valence-corrected chi connectivity index (χ2v) is 4.30. The monoisotopic (exact) mass is 232 g/mol. The van der Waals surface area contributed by atoms with Gasteiger partial charge in [-0.15, -0.1) is 0 Å². The highest BCUT2D eigenvalue weighted by Gasteiger charge is 2.01. The van der Waals surface area contributed by atoms with Gasteiger partial charge in [0.25, 0.3) is 0 Å². The van der Waals surface area contributed by atoms with Crippen molar-refractivity contribution in [3.8, 4) is 0 Å². The minimum absolute atomic E-state index is 0.0845. The lowest BCUT2D eigenvalue weighted by Crippen LogP contribution is -1.97. The van der Waals surface area contributed by atoms with Crippen molar-refractivity contribution in [1.82, 2.24) is 0 Å². The SMILES string of the molecule is C=Cc1ccc2c(=O)c3ccccc3ccc2c1. The zero-order chi connectivity index (χ0) is 12.5. The summed E-state index contributed by atoms with van der Waals surface area (Å²) in [4.78, 5) is 12.5. The molecule has 0 bridgehead atoms. The quantitative estimate of drug-likeness (QED) is 0.620. The summed E-state index contributed by atoms with van der Waals surface area (Å²) in [6.45, 7) is 3.75. The molecular formula is C17H12O. The Balaban J connectivity index is 2.57. The van der Waals surface area contributed by atoms with Crippen molar-refractivity contribution in [1.29, 1.82) is 0 Å². The number of rotatable bonds is 1. The highest BCUT2D eigenvalue weighted by molar-refractivity contribution is 5.93. The normalized spacial score (nSPS) is 10.7. The summed E-state index contributed by atoms with van der Waals surface area (Å²) in [6.07, 6.45) is 1.79. The number of fused-ring (bicyclic) bond motifs is 2. The molecule has 1 nitrogen and oxygen atoms in total. The fourth-order valence-corrected chi connectivity index (χ4v) is 2.23. The molecule has 0 N–H and O–H groups in total. The molecule has 0 aliphatic rings. The predicted molar refractivity (Wildman–Crippen MR) is 77.8 cm³/mol. The van der Waals surface area contributed by atoms with Gasteiger partial charge in [-0.05, 0) is 28.5 Å². The Morgan fingerprint density at radius 1 is 0.833 bits per heavy atom. The van der Waals surface area contributed by atoms with E-state index >= 15 is 0 Å². The smallest absolute Gasteiger partial charge is 0.194 e. The number of hydrogen-bond donors (Lipinski definition) is 0. The Kier molecular flexibility index (Phi) is 2.45. The zero-order valence-electron chi connectivity index (χ0n) is 9.89. The third kappa shape index (κ3) is 1.61. The van der Waals surface area contributed by atoms with E-state index in [0.29, 0.717) is 0 Å². The van der Waals surface area contributed by atoms with Crippen molar-refractivity contribution < 1.29 is 0 Å². The van der Waals surface area contributed by atoms with Crippen LogP contribution in [0.1, 0.15) is 5.56 Å². The summed E-state index contributed by atoms with van der Waals surface area (Å²) in [5.74, 6) is 0. The van der Waals surface area contributed by atoms with Crippen LogP contribution in [0.25, 0.3) is 27.6 Å². The Labute approximate surface area is 105 Å². The summed E-state index contributed by atoms with van der Waals surface area (Å²) < 4.78 is 0. The van der Waals surface area contributed by atoms with Crippen LogP contribution in [0.2, 0.25) is 0 Å². The summed E-state index contributed by atoms with van der Waals surface area (Å²) in [5, 5.41) is 3.44. The van der Waals surface area contributed by atoms with Crippen LogP contribution in [-0.2, 0) is 0 Å². The minimum Gasteiger partial charge on any atom is -0.289 e. The maximum atomic E-state index is 12.5. The second kappa shape index (κ2) is 4.11. The van der Waals surface area contributed by atoms with Crippen molar-refractivity contribution in [2.45, 2.75) is 0 Å². The lowest BCUT2D eigenvalue weighted by atomic mass is 10.1. The lowest BCUT2D eigenvalue weighted by molar-refractivity contribution is 1.72. The van der Waals surface area contributed by atoms with Crippen LogP contribution in [0, 0.1) is 0 Å². The van der Waals surface area contributed by atoms with Gasteiger partial charge in [0, 0.05) is 10.8 Å². The van der Waals surface area contributed by atoms with Crippen LogP contribution in [0.5, 0.6) is 0 Å². The van der Waals surface area contributed by atoms with Gasteiger partial charge in [0.1, 0.15) is 0 Å². The third-order valence-corrected chi connectivity index (χ3v) is 3.20. The largest absolute Gasteiger partial charge is 0.289 e. The fraction of sp³-hybridized carbons (Fsp3) is 0. The minimum atomic E-state index is 0.0845. The van der Waals surface area contributed by atoms with Gasteiger partial charge in [-0.2, -0.15) is 0 Å². The van der Waals surface area contributed by atoms with E-state index in [2.05, 4.69) is 6.58 Å². The molecule has 0 unspecified atom stereocenters. The van der Waals surface area contributed by atoms with E-state index in [1.165, 1.54) is 0 Å². The molecule has 0 amide bonds. The van der Waals surface area contributed by atoms with E-state index in [0.717, 1.165) is 27.1 Å². The van der Waals surface area contributed by atoms with Gasteiger partial charge >= 0.3 is 0 Å². The van der Waals surface area contributed by atoms with Gasteiger partial charge in [0.15, 0.2) is 5.43 Å². The van der Waals surface area contributed by atoms with Gasteiger partial charge in [-0.3, -0.25) is 4.79 Å². The van der Waals surface area contributed by atoms with E-state index in [-0.39, 0.29) is 5.43 Å². The van der Waals surface area contributed by atoms with Crippen molar-refractivity contribution in [2.24, 2.45) is 0 Å². The van der Waals surface area contributed by atoms with E-state index in [9.17, 15) is 4.79 Å². The van der Waals surface area contributed by atoms with Crippen LogP contribution in [-0.4, -0.2) is 0 Å². The van der Waals surface area contributed by atoms with Gasteiger partial charge in [-0.25, -0.2) is 0 Å². The molecule has 86 valence electrons. The molecule has 0 aliphatic carbocycles. The van der Waals surface area contributed by atoms with Crippen molar-refractivity contribution in [3.05, 3.63) is 77.0 Å². The average Bonchev–Trinajstić information content (AvgIpc) is 2.57. The van der Waals surface area contributed by atoms with Gasteiger partial charge in [0.2, 0.25) is 0 Å². The van der Waals surface area contributed by atoms with Gasteiger partial charge in [-0.1, -0.05) is 55.1 Å². The number of hydrogen-bond acceptors (Lipinski definition) is 1. The van der Waals surface area contributed by atoms with Crippen LogP contribution in [0.4, 0.5) is 0 Å². The molecule has 0 radical (unpaired) electrons. The topological polar surface area (TPSA) is 17.1 Å². The zero-order valence-corrected chi connectivity index (χ0v) is 9.89. The molecular weight excluding hydrogens is 220 g/mol. The van der Waals surface area contributed by atoms with Gasteiger partial charge in [0.05, 0.1) is 0 Å². The predicted octanol–water partition coefficient (Wildman–Crippen LogP) is 4.00. The Morgan fingerprint density at radius 2 is 1.56 bits per heavy atom. The van der Waals surface area contributed by atoms with E-state index in [4.69, 9.17) is 0 Å². The van der Waals surface area contributed by atoms with E-state index in [1.807, 2.05) is 54.6 Å². The van der Waals surface area contributed by atoms with Crippen LogP contribution in [0.15, 0.2) is 66.0 Å². The first kappa shape index (κ1) is 10.7. The first-order chi connectivity index (χ1) is 8.79. The molecule has 0 spiro atoms. The maximum absolute atomic E-state index is 12.5. The van der Waals surface area contributed by atoms with Crippen molar-refractivity contribution >= 4 is 27.6 Å². The molecule has 0 aromatic heterocycles. The Hall–Kier alpha value is -2.41. The first-order valence-electron chi connectivity index (χ1n) is 5.88. The lowest BCUT2D eigenvalue weighted by Gasteiger charge is -1.94. The average molecular weight is 232 g/mol. The van der Waals surface area contributed by atoms with Crippen LogP contribution in [0.3, 0.4) is 0 Å². The number of benzene rings is 2. The van der Waals surface area contributed by atoms with E-state index in [1.54, 1.807) is 6.08 Å². The molecule has 1 heteroatoms. The van der Waals surface area contributed by atoms with Crippen LogP contribution < -0.4 is 5.43 Å². The maximum Gasteiger partial charge on any atom is 0.194 e. The molecule has 0 atom stereocenters. The third-order valence-electron chi connectivity index (χ3n) is 3.20.